The lowest BCUT2D eigenvalue weighted by atomic mass is 10.2. The van der Waals surface area contributed by atoms with Crippen molar-refractivity contribution >= 4 is 17.3 Å². The first kappa shape index (κ1) is 16.1. The molecular formula is C16H13FN2O4S. The Kier molecular flexibility index (Phi) is 4.06. The van der Waals surface area contributed by atoms with E-state index >= 15 is 0 Å². The van der Waals surface area contributed by atoms with E-state index in [-0.39, 0.29) is 17.9 Å². The maximum absolute atomic E-state index is 13.3. The zero-order valence-corrected chi connectivity index (χ0v) is 13.4. The molecule has 2 heterocycles. The summed E-state index contributed by atoms with van der Waals surface area (Å²) in [5.41, 5.74) is -0.858. The lowest BCUT2D eigenvalue weighted by Gasteiger charge is -2.12. The van der Waals surface area contributed by atoms with Crippen LogP contribution >= 0.6 is 11.8 Å². The normalized spacial score (nSPS) is 11.1. The number of thioether (sulfide) groups is 1. The van der Waals surface area contributed by atoms with E-state index < -0.39 is 22.6 Å². The maximum atomic E-state index is 13.3. The highest BCUT2D eigenvalue weighted by atomic mass is 32.2. The van der Waals surface area contributed by atoms with Crippen molar-refractivity contribution in [2.75, 3.05) is 6.26 Å². The molecule has 124 valence electrons. The molecule has 0 spiro atoms. The smallest absolute Gasteiger partial charge is 0.279 e. The van der Waals surface area contributed by atoms with Crippen LogP contribution in [0, 0.1) is 5.82 Å². The fourth-order valence-corrected chi connectivity index (χ4v) is 3.09. The standard InChI is InChI=1S/C16H13FN2O4S/c1-24-12-6-10(17)3-2-9(12)8-18-4-5-19-13(21)7-11(20)15(22)14(19)16(18)23/h2-7,20,22H,8H2,1H3. The maximum Gasteiger partial charge on any atom is 0.279 e. The summed E-state index contributed by atoms with van der Waals surface area (Å²) in [6, 6.07) is 5.08. The summed E-state index contributed by atoms with van der Waals surface area (Å²) < 4.78 is 15.6. The van der Waals surface area contributed by atoms with Gasteiger partial charge in [-0.1, -0.05) is 6.07 Å². The molecule has 0 fully saturated rings. The van der Waals surface area contributed by atoms with Crippen LogP contribution in [0.15, 0.2) is 51.1 Å². The molecule has 6 nitrogen and oxygen atoms in total. The minimum absolute atomic E-state index is 0.134. The molecule has 2 N–H and O–H groups in total. The Labute approximate surface area is 139 Å². The summed E-state index contributed by atoms with van der Waals surface area (Å²) in [6.45, 7) is 0.134. The number of aromatic hydroxyl groups is 2. The Morgan fingerprint density at radius 3 is 2.62 bits per heavy atom. The molecule has 1 aromatic carbocycles. The van der Waals surface area contributed by atoms with Gasteiger partial charge in [0.15, 0.2) is 17.0 Å². The second-order valence-electron chi connectivity index (χ2n) is 5.12. The van der Waals surface area contributed by atoms with Crippen LogP contribution in [-0.4, -0.2) is 25.4 Å². The van der Waals surface area contributed by atoms with Crippen LogP contribution in [0.25, 0.3) is 5.52 Å². The zero-order valence-electron chi connectivity index (χ0n) is 12.6. The van der Waals surface area contributed by atoms with Gasteiger partial charge in [0.2, 0.25) is 0 Å². The van der Waals surface area contributed by atoms with Crippen molar-refractivity contribution in [3.8, 4) is 11.5 Å². The molecule has 0 aliphatic rings. The van der Waals surface area contributed by atoms with E-state index in [4.69, 9.17) is 0 Å². The van der Waals surface area contributed by atoms with Crippen molar-refractivity contribution in [3.05, 3.63) is 68.7 Å². The van der Waals surface area contributed by atoms with Crippen LogP contribution in [0.2, 0.25) is 0 Å². The molecule has 0 bridgehead atoms. The Morgan fingerprint density at radius 1 is 1.17 bits per heavy atom. The average molecular weight is 348 g/mol. The fraction of sp³-hybridized carbons (Fsp3) is 0.125. The summed E-state index contributed by atoms with van der Waals surface area (Å²) in [6.07, 6.45) is 4.53. The van der Waals surface area contributed by atoms with E-state index in [0.717, 1.165) is 16.0 Å². The summed E-state index contributed by atoms with van der Waals surface area (Å²) in [7, 11) is 0. The molecular weight excluding hydrogens is 335 g/mol. The van der Waals surface area contributed by atoms with Gasteiger partial charge in [-0.3, -0.25) is 14.0 Å². The second-order valence-corrected chi connectivity index (χ2v) is 5.97. The highest BCUT2D eigenvalue weighted by Crippen LogP contribution is 2.25. The quantitative estimate of drug-likeness (QED) is 0.705. The largest absolute Gasteiger partial charge is 0.504 e. The first-order chi connectivity index (χ1) is 11.4. The number of halogens is 1. The Morgan fingerprint density at radius 2 is 1.92 bits per heavy atom. The molecule has 0 unspecified atom stereocenters. The highest BCUT2D eigenvalue weighted by molar-refractivity contribution is 7.98. The summed E-state index contributed by atoms with van der Waals surface area (Å²) in [5.74, 6) is -1.68. The van der Waals surface area contributed by atoms with Gasteiger partial charge in [0.25, 0.3) is 11.1 Å². The van der Waals surface area contributed by atoms with Gasteiger partial charge in [-0.15, -0.1) is 11.8 Å². The molecule has 8 heteroatoms. The number of nitrogens with zero attached hydrogens (tertiary/aromatic N) is 2. The Balaban J connectivity index is 2.19. The molecule has 0 radical (unpaired) electrons. The first-order valence-electron chi connectivity index (χ1n) is 6.91. The molecule has 2 aromatic heterocycles. The van der Waals surface area contributed by atoms with Crippen LogP contribution in [0.5, 0.6) is 11.5 Å². The SMILES string of the molecule is CSc1cc(F)ccc1Cn1ccn2c(=O)cc(O)c(O)c2c1=O. The molecule has 0 saturated carbocycles. The topological polar surface area (TPSA) is 83.9 Å². The van der Waals surface area contributed by atoms with Gasteiger partial charge in [0, 0.05) is 23.4 Å². The van der Waals surface area contributed by atoms with E-state index in [2.05, 4.69) is 0 Å². The number of aromatic nitrogens is 2. The second kappa shape index (κ2) is 6.04. The van der Waals surface area contributed by atoms with Crippen LogP contribution in [0.3, 0.4) is 0 Å². The van der Waals surface area contributed by atoms with Crippen LogP contribution < -0.4 is 11.1 Å². The average Bonchev–Trinajstić information content (AvgIpc) is 2.55. The lowest BCUT2D eigenvalue weighted by Crippen LogP contribution is -2.26. The van der Waals surface area contributed by atoms with Crippen molar-refractivity contribution in [3.63, 3.8) is 0 Å². The molecule has 0 aliphatic carbocycles. The van der Waals surface area contributed by atoms with E-state index in [0.29, 0.717) is 4.90 Å². The summed E-state index contributed by atoms with van der Waals surface area (Å²) in [4.78, 5) is 25.1. The molecule has 3 aromatic rings. The van der Waals surface area contributed by atoms with Crippen LogP contribution in [-0.2, 0) is 6.54 Å². The van der Waals surface area contributed by atoms with Gasteiger partial charge in [-0.2, -0.15) is 0 Å². The minimum atomic E-state index is -0.654. The van der Waals surface area contributed by atoms with Gasteiger partial charge in [0.1, 0.15) is 5.82 Å². The van der Waals surface area contributed by atoms with Gasteiger partial charge in [-0.25, -0.2) is 4.39 Å². The van der Waals surface area contributed by atoms with Gasteiger partial charge in [-0.05, 0) is 24.0 Å². The minimum Gasteiger partial charge on any atom is -0.504 e. The number of hydrogen-bond acceptors (Lipinski definition) is 5. The van der Waals surface area contributed by atoms with Crippen molar-refractivity contribution in [1.29, 1.82) is 0 Å². The highest BCUT2D eigenvalue weighted by Gasteiger charge is 2.14. The number of fused-ring (bicyclic) bond motifs is 1. The lowest BCUT2D eigenvalue weighted by molar-refractivity contribution is 0.404. The molecule has 0 saturated heterocycles. The summed E-state index contributed by atoms with van der Waals surface area (Å²) >= 11 is 1.35. The molecule has 3 rings (SSSR count). The van der Waals surface area contributed by atoms with Gasteiger partial charge >= 0.3 is 0 Å². The Bertz CT molecular complexity index is 1060. The predicted molar refractivity (Wildman–Crippen MR) is 88.5 cm³/mol. The van der Waals surface area contributed by atoms with Crippen molar-refractivity contribution in [2.24, 2.45) is 0 Å². The summed E-state index contributed by atoms with van der Waals surface area (Å²) in [5, 5.41) is 19.5. The van der Waals surface area contributed by atoms with Crippen molar-refractivity contribution in [1.82, 2.24) is 8.97 Å². The van der Waals surface area contributed by atoms with Gasteiger partial charge < -0.3 is 14.8 Å². The predicted octanol–water partition coefficient (Wildman–Crippen LogP) is 1.78. The van der Waals surface area contributed by atoms with Crippen LogP contribution in [0.4, 0.5) is 4.39 Å². The number of rotatable bonds is 3. The number of pyridine rings is 1. The molecule has 0 aliphatic heterocycles. The third-order valence-corrected chi connectivity index (χ3v) is 4.47. The molecule has 0 atom stereocenters. The van der Waals surface area contributed by atoms with E-state index in [1.54, 1.807) is 12.3 Å². The third kappa shape index (κ3) is 2.65. The van der Waals surface area contributed by atoms with E-state index in [9.17, 15) is 24.2 Å². The fourth-order valence-electron chi connectivity index (χ4n) is 2.46. The molecule has 0 amide bonds. The zero-order chi connectivity index (χ0) is 17.4. The number of benzene rings is 1. The number of hydrogen-bond donors (Lipinski definition) is 2. The van der Waals surface area contributed by atoms with Crippen molar-refractivity contribution in [2.45, 2.75) is 11.4 Å². The Hall–Kier alpha value is -2.74. The van der Waals surface area contributed by atoms with Gasteiger partial charge in [0.05, 0.1) is 6.54 Å². The molecule has 24 heavy (non-hydrogen) atoms. The van der Waals surface area contributed by atoms with Crippen LogP contribution in [0.1, 0.15) is 5.56 Å². The van der Waals surface area contributed by atoms with E-state index in [1.165, 1.54) is 40.9 Å². The first-order valence-corrected chi connectivity index (χ1v) is 8.14. The van der Waals surface area contributed by atoms with E-state index in [1.807, 2.05) is 0 Å². The van der Waals surface area contributed by atoms with Crippen molar-refractivity contribution < 1.29 is 14.6 Å². The third-order valence-electron chi connectivity index (χ3n) is 3.65. The monoisotopic (exact) mass is 348 g/mol.